The highest BCUT2D eigenvalue weighted by Gasteiger charge is 2.18. The number of hydrogen-bond donors (Lipinski definition) is 2. The summed E-state index contributed by atoms with van der Waals surface area (Å²) in [5.41, 5.74) is 4.37. The van der Waals surface area contributed by atoms with E-state index in [1.165, 1.54) is 5.57 Å². The number of amides is 1. The molecule has 0 aliphatic carbocycles. The fraction of sp³-hybridized carbons (Fsp3) is 0.238. The number of benzene rings is 1. The van der Waals surface area contributed by atoms with Crippen LogP contribution >= 0.6 is 11.3 Å². The van der Waals surface area contributed by atoms with Gasteiger partial charge in [0.05, 0.1) is 11.3 Å². The average molecular weight is 366 g/mol. The Bertz CT molecular complexity index is 864. The van der Waals surface area contributed by atoms with Crippen LogP contribution in [0.3, 0.4) is 0 Å². The van der Waals surface area contributed by atoms with Crippen LogP contribution in [0, 0.1) is 0 Å². The largest absolute Gasteiger partial charge is 0.361 e. The second-order valence-corrected chi connectivity index (χ2v) is 7.16. The summed E-state index contributed by atoms with van der Waals surface area (Å²) < 4.78 is 0. The molecule has 0 atom stereocenters. The molecule has 1 aromatic heterocycles. The van der Waals surface area contributed by atoms with Gasteiger partial charge in [-0.2, -0.15) is 0 Å². The molecule has 0 saturated carbocycles. The first kappa shape index (κ1) is 18.1. The lowest BCUT2D eigenvalue weighted by molar-refractivity contribution is -0.115. The second kappa shape index (κ2) is 8.63. The molecule has 3 rings (SSSR count). The zero-order chi connectivity index (χ0) is 18.4. The summed E-state index contributed by atoms with van der Waals surface area (Å²) in [5, 5.41) is 7.19. The van der Waals surface area contributed by atoms with Crippen LogP contribution in [0.4, 0.5) is 10.8 Å². The predicted octanol–water partition coefficient (Wildman–Crippen LogP) is 5.19. The first-order valence-electron chi connectivity index (χ1n) is 8.76. The van der Waals surface area contributed by atoms with Crippen molar-refractivity contribution >= 4 is 28.1 Å². The summed E-state index contributed by atoms with van der Waals surface area (Å²) in [6.45, 7) is 6.66. The zero-order valence-corrected chi connectivity index (χ0v) is 15.7. The quantitative estimate of drug-likeness (QED) is 0.500. The van der Waals surface area contributed by atoms with Gasteiger partial charge in [0.25, 0.3) is 0 Å². The van der Waals surface area contributed by atoms with E-state index in [0.29, 0.717) is 6.42 Å². The van der Waals surface area contributed by atoms with Crippen molar-refractivity contribution in [2.75, 3.05) is 17.2 Å². The fourth-order valence-corrected chi connectivity index (χ4v) is 3.79. The maximum Gasteiger partial charge on any atom is 0.228 e. The molecule has 2 aromatic rings. The molecule has 1 aliphatic rings. The molecule has 4 nitrogen and oxygen atoms in total. The molecule has 2 heterocycles. The smallest absolute Gasteiger partial charge is 0.228 e. The number of rotatable bonds is 8. The summed E-state index contributed by atoms with van der Waals surface area (Å²) in [7, 11) is 0. The summed E-state index contributed by atoms with van der Waals surface area (Å²) in [6, 6.07) is 6.08. The molecule has 0 unspecified atom stereocenters. The zero-order valence-electron chi connectivity index (χ0n) is 14.9. The third kappa shape index (κ3) is 4.49. The molecule has 1 aromatic carbocycles. The highest BCUT2D eigenvalue weighted by molar-refractivity contribution is 7.18. The highest BCUT2D eigenvalue weighted by Crippen LogP contribution is 2.33. The van der Waals surface area contributed by atoms with Gasteiger partial charge < -0.3 is 10.6 Å². The number of carbonyl (C=O) groups is 1. The average Bonchev–Trinajstić information content (AvgIpc) is 3.23. The molecule has 0 bridgehead atoms. The van der Waals surface area contributed by atoms with Crippen LogP contribution in [0.15, 0.2) is 60.9 Å². The van der Waals surface area contributed by atoms with Gasteiger partial charge >= 0.3 is 0 Å². The molecule has 134 valence electrons. The SMILES string of the molecule is C=C/C=C(\C=C/C)CCCNc1ncc(-c2ccc3c(c2)CC(=O)N3)s1. The standard InChI is InChI=1S/C21H23N3OS/c1-3-6-15(7-4-2)8-5-11-22-21-23-14-19(26-21)16-9-10-18-17(12-16)13-20(25)24-18/h3-4,6-7,9-10,12,14H,1,5,8,11,13H2,2H3,(H,22,23)(H,24,25)/b7-4-,15-6+. The van der Waals surface area contributed by atoms with Gasteiger partial charge in [-0.15, -0.1) is 0 Å². The molecule has 0 saturated heterocycles. The highest BCUT2D eigenvalue weighted by atomic mass is 32.1. The van der Waals surface area contributed by atoms with E-state index in [-0.39, 0.29) is 5.91 Å². The third-order valence-electron chi connectivity index (χ3n) is 4.15. The van der Waals surface area contributed by atoms with Crippen molar-refractivity contribution < 1.29 is 4.79 Å². The summed E-state index contributed by atoms with van der Waals surface area (Å²) >= 11 is 1.64. The van der Waals surface area contributed by atoms with Gasteiger partial charge in [-0.25, -0.2) is 4.98 Å². The molecule has 0 fully saturated rings. The Labute approximate surface area is 158 Å². The Balaban J connectivity index is 1.56. The number of nitrogens with one attached hydrogen (secondary N) is 2. The minimum Gasteiger partial charge on any atom is -0.361 e. The molecule has 0 radical (unpaired) electrons. The van der Waals surface area contributed by atoms with E-state index in [4.69, 9.17) is 0 Å². The van der Waals surface area contributed by atoms with E-state index in [1.807, 2.05) is 31.3 Å². The number of anilines is 2. The number of thiazole rings is 1. The molecule has 2 N–H and O–H groups in total. The number of fused-ring (bicyclic) bond motifs is 1. The molecule has 1 amide bonds. The van der Waals surface area contributed by atoms with Crippen molar-refractivity contribution in [3.05, 3.63) is 66.4 Å². The van der Waals surface area contributed by atoms with Crippen molar-refractivity contribution in [2.45, 2.75) is 26.2 Å². The number of carbonyl (C=O) groups excluding carboxylic acids is 1. The minimum atomic E-state index is 0.0617. The predicted molar refractivity (Wildman–Crippen MR) is 111 cm³/mol. The van der Waals surface area contributed by atoms with Gasteiger partial charge in [-0.1, -0.05) is 48.3 Å². The van der Waals surface area contributed by atoms with Crippen molar-refractivity contribution in [1.82, 2.24) is 4.98 Å². The van der Waals surface area contributed by atoms with Gasteiger partial charge in [-0.05, 0) is 48.6 Å². The van der Waals surface area contributed by atoms with Crippen LogP contribution in [0.1, 0.15) is 25.3 Å². The molecule has 1 aliphatic heterocycles. The normalized spacial score (nSPS) is 13.7. The van der Waals surface area contributed by atoms with Crippen molar-refractivity contribution in [3.8, 4) is 10.4 Å². The fourth-order valence-electron chi connectivity index (χ4n) is 2.95. The van der Waals surface area contributed by atoms with Crippen LogP contribution in [0.5, 0.6) is 0 Å². The summed E-state index contributed by atoms with van der Waals surface area (Å²) in [4.78, 5) is 17.1. The minimum absolute atomic E-state index is 0.0617. The Kier molecular flexibility index (Phi) is 6.02. The van der Waals surface area contributed by atoms with Gasteiger partial charge in [-0.3, -0.25) is 4.79 Å². The molecule has 26 heavy (non-hydrogen) atoms. The van der Waals surface area contributed by atoms with Crippen LogP contribution in [0.25, 0.3) is 10.4 Å². The maximum absolute atomic E-state index is 11.5. The van der Waals surface area contributed by atoms with Crippen molar-refractivity contribution in [3.63, 3.8) is 0 Å². The molecule has 5 heteroatoms. The summed E-state index contributed by atoms with van der Waals surface area (Å²) in [6.07, 6.45) is 12.4. The van der Waals surface area contributed by atoms with E-state index >= 15 is 0 Å². The van der Waals surface area contributed by atoms with Crippen LogP contribution < -0.4 is 10.6 Å². The lowest BCUT2D eigenvalue weighted by atomic mass is 10.1. The topological polar surface area (TPSA) is 54.0 Å². The summed E-state index contributed by atoms with van der Waals surface area (Å²) in [5.74, 6) is 0.0617. The Morgan fingerprint density at radius 1 is 1.46 bits per heavy atom. The Hall–Kier alpha value is -2.66. The van der Waals surface area contributed by atoms with Gasteiger partial charge in [0.1, 0.15) is 0 Å². The van der Waals surface area contributed by atoms with E-state index in [9.17, 15) is 4.79 Å². The Morgan fingerprint density at radius 3 is 3.15 bits per heavy atom. The maximum atomic E-state index is 11.5. The number of aromatic nitrogens is 1. The first-order chi connectivity index (χ1) is 12.7. The monoisotopic (exact) mass is 365 g/mol. The van der Waals surface area contributed by atoms with E-state index in [2.05, 4.69) is 46.5 Å². The van der Waals surface area contributed by atoms with E-state index in [0.717, 1.165) is 46.2 Å². The Morgan fingerprint density at radius 2 is 2.35 bits per heavy atom. The lowest BCUT2D eigenvalue weighted by Gasteiger charge is -2.04. The van der Waals surface area contributed by atoms with Crippen LogP contribution in [-0.2, 0) is 11.2 Å². The van der Waals surface area contributed by atoms with Gasteiger partial charge in [0.2, 0.25) is 5.91 Å². The number of nitrogens with zero attached hydrogens (tertiary/aromatic N) is 1. The van der Waals surface area contributed by atoms with Crippen molar-refractivity contribution in [2.24, 2.45) is 0 Å². The third-order valence-corrected chi connectivity index (χ3v) is 5.16. The molecule has 0 spiro atoms. The van der Waals surface area contributed by atoms with Gasteiger partial charge in [0, 0.05) is 18.4 Å². The number of allylic oxidation sites excluding steroid dienone is 5. The second-order valence-electron chi connectivity index (χ2n) is 6.13. The van der Waals surface area contributed by atoms with Crippen LogP contribution in [0.2, 0.25) is 0 Å². The van der Waals surface area contributed by atoms with E-state index < -0.39 is 0 Å². The van der Waals surface area contributed by atoms with Crippen LogP contribution in [-0.4, -0.2) is 17.4 Å². The number of hydrogen-bond acceptors (Lipinski definition) is 4. The molecular weight excluding hydrogens is 342 g/mol. The lowest BCUT2D eigenvalue weighted by Crippen LogP contribution is -2.03. The van der Waals surface area contributed by atoms with Crippen molar-refractivity contribution in [1.29, 1.82) is 0 Å². The van der Waals surface area contributed by atoms with E-state index in [1.54, 1.807) is 11.3 Å². The molecular formula is C21H23N3OS. The first-order valence-corrected chi connectivity index (χ1v) is 9.58. The van der Waals surface area contributed by atoms with Gasteiger partial charge in [0.15, 0.2) is 5.13 Å².